The van der Waals surface area contributed by atoms with Crippen LogP contribution < -0.4 is 16.0 Å². The standard InChI is InChI=1S/C20H18FN3O4/c1-12-6-2-3-7-13(12)15(11-19(26)27)22-20(28)16-10-18(25)24(23-16)17-9-5-4-8-14(17)21/h2-10,15,23H,11H2,1H3,(H,22,28)(H,26,27)/p-1/t15-/m0/s1. The molecule has 2 aromatic carbocycles. The molecule has 2 N–H and O–H groups in total. The number of carbonyl (C=O) groups excluding carboxylic acids is 2. The first kappa shape index (κ1) is 19.1. The molecule has 0 fully saturated rings. The van der Waals surface area contributed by atoms with Crippen molar-refractivity contribution < 1.29 is 19.1 Å². The molecule has 1 amide bonds. The van der Waals surface area contributed by atoms with E-state index in [0.29, 0.717) is 5.56 Å². The summed E-state index contributed by atoms with van der Waals surface area (Å²) >= 11 is 0. The third kappa shape index (κ3) is 4.01. The van der Waals surface area contributed by atoms with Gasteiger partial charge >= 0.3 is 0 Å². The molecule has 0 saturated heterocycles. The second-order valence-corrected chi connectivity index (χ2v) is 6.25. The fraction of sp³-hybridized carbons (Fsp3) is 0.150. The number of para-hydroxylation sites is 1. The van der Waals surface area contributed by atoms with Crippen LogP contribution in [0.1, 0.15) is 34.1 Å². The molecule has 0 aliphatic heterocycles. The topological polar surface area (TPSA) is 107 Å². The van der Waals surface area contributed by atoms with E-state index in [1.165, 1.54) is 18.2 Å². The Morgan fingerprint density at radius 2 is 1.86 bits per heavy atom. The van der Waals surface area contributed by atoms with E-state index in [4.69, 9.17) is 0 Å². The number of rotatable bonds is 6. The molecule has 3 rings (SSSR count). The van der Waals surface area contributed by atoms with Crippen molar-refractivity contribution in [3.63, 3.8) is 0 Å². The van der Waals surface area contributed by atoms with Gasteiger partial charge in [-0.15, -0.1) is 0 Å². The molecule has 1 atom stereocenters. The van der Waals surface area contributed by atoms with Crippen LogP contribution in [0.3, 0.4) is 0 Å². The number of hydrogen-bond acceptors (Lipinski definition) is 4. The SMILES string of the molecule is Cc1ccccc1[C@H](CC(=O)[O-])NC(=O)c1cc(=O)n(-c2ccccc2F)[nH]1. The molecule has 1 heterocycles. The first-order valence-electron chi connectivity index (χ1n) is 8.50. The molecule has 3 aromatic rings. The first-order valence-corrected chi connectivity index (χ1v) is 8.50. The number of amides is 1. The van der Waals surface area contributed by atoms with Gasteiger partial charge in [-0.05, 0) is 30.2 Å². The van der Waals surface area contributed by atoms with E-state index in [1.807, 2.05) is 0 Å². The molecular weight excluding hydrogens is 365 g/mol. The van der Waals surface area contributed by atoms with Gasteiger partial charge in [-0.2, -0.15) is 0 Å². The maximum atomic E-state index is 13.9. The van der Waals surface area contributed by atoms with E-state index in [0.717, 1.165) is 16.3 Å². The number of carboxylic acids is 1. The van der Waals surface area contributed by atoms with E-state index < -0.39 is 35.7 Å². The predicted octanol–water partition coefficient (Wildman–Crippen LogP) is 1.22. The van der Waals surface area contributed by atoms with E-state index >= 15 is 0 Å². The highest BCUT2D eigenvalue weighted by Gasteiger charge is 2.20. The highest BCUT2D eigenvalue weighted by atomic mass is 19.1. The Morgan fingerprint density at radius 1 is 1.18 bits per heavy atom. The number of carboxylic acid groups (broad SMARTS) is 1. The van der Waals surface area contributed by atoms with E-state index in [-0.39, 0.29) is 11.4 Å². The summed E-state index contributed by atoms with van der Waals surface area (Å²) in [5.74, 6) is -2.65. The molecule has 144 valence electrons. The van der Waals surface area contributed by atoms with E-state index in [1.54, 1.807) is 37.3 Å². The number of benzene rings is 2. The summed E-state index contributed by atoms with van der Waals surface area (Å²) in [6.45, 7) is 1.79. The fourth-order valence-electron chi connectivity index (χ4n) is 2.94. The van der Waals surface area contributed by atoms with Gasteiger partial charge in [0.25, 0.3) is 11.5 Å². The number of halogens is 1. The van der Waals surface area contributed by atoms with Crippen LogP contribution in [-0.2, 0) is 4.79 Å². The lowest BCUT2D eigenvalue weighted by Crippen LogP contribution is -2.34. The molecule has 0 unspecified atom stereocenters. The van der Waals surface area contributed by atoms with Gasteiger partial charge in [-0.25, -0.2) is 9.07 Å². The molecule has 0 radical (unpaired) electrons. The van der Waals surface area contributed by atoms with E-state index in [9.17, 15) is 23.9 Å². The van der Waals surface area contributed by atoms with Gasteiger partial charge < -0.3 is 15.2 Å². The smallest absolute Gasteiger partial charge is 0.272 e. The lowest BCUT2D eigenvalue weighted by Gasteiger charge is -2.21. The van der Waals surface area contributed by atoms with Crippen molar-refractivity contribution in [3.05, 3.63) is 87.6 Å². The third-order valence-electron chi connectivity index (χ3n) is 4.30. The van der Waals surface area contributed by atoms with Gasteiger partial charge in [-0.3, -0.25) is 14.7 Å². The van der Waals surface area contributed by atoms with Gasteiger partial charge in [0.2, 0.25) is 0 Å². The van der Waals surface area contributed by atoms with Gasteiger partial charge in [0, 0.05) is 18.5 Å². The maximum absolute atomic E-state index is 13.9. The lowest BCUT2D eigenvalue weighted by molar-refractivity contribution is -0.306. The molecule has 7 nitrogen and oxygen atoms in total. The van der Waals surface area contributed by atoms with Crippen molar-refractivity contribution in [1.82, 2.24) is 15.1 Å². The zero-order valence-electron chi connectivity index (χ0n) is 14.9. The highest BCUT2D eigenvalue weighted by molar-refractivity contribution is 5.92. The summed E-state index contributed by atoms with van der Waals surface area (Å²) in [5, 5.41) is 16.3. The van der Waals surface area contributed by atoms with Crippen LogP contribution in [0.2, 0.25) is 0 Å². The molecule has 0 aliphatic rings. The Kier molecular flexibility index (Phi) is 5.39. The second-order valence-electron chi connectivity index (χ2n) is 6.25. The van der Waals surface area contributed by atoms with Crippen molar-refractivity contribution in [2.45, 2.75) is 19.4 Å². The second kappa shape index (κ2) is 7.91. The van der Waals surface area contributed by atoms with Crippen molar-refractivity contribution in [1.29, 1.82) is 0 Å². The molecule has 8 heteroatoms. The van der Waals surface area contributed by atoms with Crippen LogP contribution in [0, 0.1) is 12.7 Å². The number of hydrogen-bond donors (Lipinski definition) is 2. The predicted molar refractivity (Wildman–Crippen MR) is 97.4 cm³/mol. The largest absolute Gasteiger partial charge is 0.550 e. The van der Waals surface area contributed by atoms with Crippen LogP contribution >= 0.6 is 0 Å². The Hall–Kier alpha value is -3.68. The van der Waals surface area contributed by atoms with Crippen molar-refractivity contribution >= 4 is 11.9 Å². The fourth-order valence-corrected chi connectivity index (χ4v) is 2.94. The zero-order valence-corrected chi connectivity index (χ0v) is 14.9. The third-order valence-corrected chi connectivity index (χ3v) is 4.30. The molecule has 0 aliphatic carbocycles. The summed E-state index contributed by atoms with van der Waals surface area (Å²) in [6, 6.07) is 12.8. The Labute approximate surface area is 159 Å². The molecule has 1 aromatic heterocycles. The number of aromatic nitrogens is 2. The van der Waals surface area contributed by atoms with Gasteiger partial charge in [-0.1, -0.05) is 36.4 Å². The monoisotopic (exact) mass is 382 g/mol. The van der Waals surface area contributed by atoms with Crippen molar-refractivity contribution in [3.8, 4) is 5.69 Å². The van der Waals surface area contributed by atoms with Crippen LogP contribution in [-0.4, -0.2) is 21.7 Å². The number of H-pyrrole nitrogens is 1. The van der Waals surface area contributed by atoms with Gasteiger partial charge in [0.1, 0.15) is 17.2 Å². The molecule has 0 saturated carbocycles. The Bertz CT molecular complexity index is 1090. The molecular formula is C20H17FN3O4-. The summed E-state index contributed by atoms with van der Waals surface area (Å²) in [5.41, 5.74) is 0.645. The molecule has 0 bridgehead atoms. The van der Waals surface area contributed by atoms with Crippen LogP contribution in [0.5, 0.6) is 0 Å². The van der Waals surface area contributed by atoms with Crippen LogP contribution in [0.4, 0.5) is 4.39 Å². The number of aromatic amines is 1. The maximum Gasteiger partial charge on any atom is 0.272 e. The normalized spacial score (nSPS) is 11.8. The number of nitrogens with zero attached hydrogens (tertiary/aromatic N) is 1. The summed E-state index contributed by atoms with van der Waals surface area (Å²) in [4.78, 5) is 35.9. The average molecular weight is 382 g/mol. The number of carbonyl (C=O) groups is 2. The zero-order chi connectivity index (χ0) is 20.3. The quantitative estimate of drug-likeness (QED) is 0.668. The van der Waals surface area contributed by atoms with Crippen LogP contribution in [0.25, 0.3) is 5.69 Å². The molecule has 0 spiro atoms. The highest BCUT2D eigenvalue weighted by Crippen LogP contribution is 2.21. The van der Waals surface area contributed by atoms with Crippen molar-refractivity contribution in [2.24, 2.45) is 0 Å². The summed E-state index contributed by atoms with van der Waals surface area (Å²) < 4.78 is 14.8. The number of aliphatic carboxylic acids is 1. The number of aryl methyl sites for hydroxylation is 1. The van der Waals surface area contributed by atoms with Crippen LogP contribution in [0.15, 0.2) is 59.4 Å². The van der Waals surface area contributed by atoms with Gasteiger partial charge in [0.05, 0.1) is 6.04 Å². The van der Waals surface area contributed by atoms with E-state index in [2.05, 4.69) is 10.4 Å². The van der Waals surface area contributed by atoms with Crippen molar-refractivity contribution in [2.75, 3.05) is 0 Å². The summed E-state index contributed by atoms with van der Waals surface area (Å²) in [6.07, 6.45) is -0.436. The average Bonchev–Trinajstić information content (AvgIpc) is 3.03. The Morgan fingerprint density at radius 3 is 2.54 bits per heavy atom. The number of nitrogens with one attached hydrogen (secondary N) is 2. The summed E-state index contributed by atoms with van der Waals surface area (Å²) in [7, 11) is 0. The first-order chi connectivity index (χ1) is 13.4. The van der Waals surface area contributed by atoms with Gasteiger partial charge in [0.15, 0.2) is 0 Å². The minimum Gasteiger partial charge on any atom is -0.550 e. The molecule has 28 heavy (non-hydrogen) atoms. The minimum atomic E-state index is -1.33. The lowest BCUT2D eigenvalue weighted by atomic mass is 9.98. The Balaban J connectivity index is 1.90. The minimum absolute atomic E-state index is 0.0308.